The number of nitrogens with one attached hydrogen (secondary N) is 1. The van der Waals surface area contributed by atoms with Crippen molar-refractivity contribution in [2.45, 2.75) is 12.6 Å². The third kappa shape index (κ3) is 4.67. The average Bonchev–Trinajstić information content (AvgIpc) is 3.18. The topological polar surface area (TPSA) is 78.7 Å². The van der Waals surface area contributed by atoms with E-state index in [0.29, 0.717) is 30.7 Å². The van der Waals surface area contributed by atoms with Crippen molar-refractivity contribution in [1.29, 1.82) is 0 Å². The fourth-order valence-corrected chi connectivity index (χ4v) is 3.38. The van der Waals surface area contributed by atoms with E-state index in [0.717, 1.165) is 5.69 Å². The predicted molar refractivity (Wildman–Crippen MR) is 104 cm³/mol. The second kappa shape index (κ2) is 8.36. The number of anilines is 2. The number of fused-ring (bicyclic) bond motifs is 1. The summed E-state index contributed by atoms with van der Waals surface area (Å²) in [6, 6.07) is 9.08. The van der Waals surface area contributed by atoms with Crippen molar-refractivity contribution in [3.05, 3.63) is 48.0 Å². The Morgan fingerprint density at radius 2 is 1.71 bits per heavy atom. The highest BCUT2D eigenvalue weighted by atomic mass is 19.4. The number of piperazine rings is 1. The second-order valence-electron chi connectivity index (χ2n) is 7.03. The highest BCUT2D eigenvalue weighted by Gasteiger charge is 2.37. The lowest BCUT2D eigenvalue weighted by atomic mass is 10.2. The number of carbonyl (C=O) groups excluding carboxylic acids is 1. The SMILES string of the molecule is O=C(CCNc1ccc2nnc(C(F)(F)F)n2n1)N1CCN(c2ccc(F)cc2)CC1. The third-order valence-corrected chi connectivity index (χ3v) is 4.99. The maximum atomic E-state index is 13.1. The van der Waals surface area contributed by atoms with Crippen molar-refractivity contribution in [3.63, 3.8) is 0 Å². The van der Waals surface area contributed by atoms with Crippen LogP contribution >= 0.6 is 0 Å². The number of rotatable bonds is 5. The van der Waals surface area contributed by atoms with Gasteiger partial charge < -0.3 is 15.1 Å². The van der Waals surface area contributed by atoms with Gasteiger partial charge in [-0.1, -0.05) is 0 Å². The number of carbonyl (C=O) groups is 1. The molecule has 164 valence electrons. The van der Waals surface area contributed by atoms with Gasteiger partial charge in [0.2, 0.25) is 5.91 Å². The molecule has 1 aliphatic heterocycles. The molecule has 1 amide bonds. The van der Waals surface area contributed by atoms with Crippen LogP contribution in [0.3, 0.4) is 0 Å². The van der Waals surface area contributed by atoms with Gasteiger partial charge in [0.05, 0.1) is 0 Å². The van der Waals surface area contributed by atoms with E-state index < -0.39 is 12.0 Å². The molecule has 0 unspecified atom stereocenters. The number of hydrogen-bond donors (Lipinski definition) is 1. The molecular formula is C19H19F4N7O. The van der Waals surface area contributed by atoms with Crippen LogP contribution in [0.4, 0.5) is 29.1 Å². The fourth-order valence-electron chi connectivity index (χ4n) is 3.38. The van der Waals surface area contributed by atoms with E-state index in [4.69, 9.17) is 0 Å². The summed E-state index contributed by atoms with van der Waals surface area (Å²) < 4.78 is 52.5. The minimum absolute atomic E-state index is 0.0204. The molecule has 1 N–H and O–H groups in total. The van der Waals surface area contributed by atoms with Crippen molar-refractivity contribution >= 4 is 23.1 Å². The molecule has 4 rings (SSSR count). The normalized spacial score (nSPS) is 14.8. The molecule has 3 heterocycles. The largest absolute Gasteiger partial charge is 0.453 e. The van der Waals surface area contributed by atoms with E-state index in [-0.39, 0.29) is 36.2 Å². The Bertz CT molecular complexity index is 1060. The fraction of sp³-hybridized carbons (Fsp3) is 0.368. The monoisotopic (exact) mass is 437 g/mol. The summed E-state index contributed by atoms with van der Waals surface area (Å²) in [7, 11) is 0. The van der Waals surface area contributed by atoms with E-state index in [1.807, 2.05) is 0 Å². The summed E-state index contributed by atoms with van der Waals surface area (Å²) in [6.45, 7) is 2.57. The number of hydrogen-bond acceptors (Lipinski definition) is 6. The standard InChI is InChI=1S/C19H19F4N7O/c20-13-1-3-14(4-2-13)28-9-11-29(12-10-28)17(31)7-8-24-15-5-6-16-25-26-18(19(21,22)23)30(16)27-15/h1-6H,7-12H2,(H,24,27). The highest BCUT2D eigenvalue weighted by molar-refractivity contribution is 5.77. The zero-order valence-electron chi connectivity index (χ0n) is 16.3. The van der Waals surface area contributed by atoms with Gasteiger partial charge in [-0.25, -0.2) is 4.39 Å². The maximum absolute atomic E-state index is 13.1. The van der Waals surface area contributed by atoms with Gasteiger partial charge in [-0.2, -0.15) is 17.7 Å². The van der Waals surface area contributed by atoms with E-state index in [1.165, 1.54) is 24.3 Å². The van der Waals surface area contributed by atoms with Gasteiger partial charge in [-0.05, 0) is 36.4 Å². The van der Waals surface area contributed by atoms with Crippen LogP contribution in [0.2, 0.25) is 0 Å². The smallest absolute Gasteiger partial charge is 0.368 e. The molecule has 1 fully saturated rings. The molecule has 0 spiro atoms. The van der Waals surface area contributed by atoms with Crippen molar-refractivity contribution in [1.82, 2.24) is 24.7 Å². The first-order valence-corrected chi connectivity index (χ1v) is 9.63. The summed E-state index contributed by atoms with van der Waals surface area (Å²) in [5, 5.41) is 13.3. The van der Waals surface area contributed by atoms with Crippen molar-refractivity contribution in [2.75, 3.05) is 42.9 Å². The molecule has 0 radical (unpaired) electrons. The van der Waals surface area contributed by atoms with Gasteiger partial charge in [0.15, 0.2) is 5.65 Å². The summed E-state index contributed by atoms with van der Waals surface area (Å²) in [5.41, 5.74) is 0.886. The summed E-state index contributed by atoms with van der Waals surface area (Å²) in [6.07, 6.45) is -4.50. The highest BCUT2D eigenvalue weighted by Crippen LogP contribution is 2.27. The molecule has 2 aromatic heterocycles. The molecule has 3 aromatic rings. The first kappa shape index (κ1) is 20.8. The van der Waals surface area contributed by atoms with Crippen LogP contribution in [0, 0.1) is 5.82 Å². The minimum atomic E-state index is -4.67. The molecule has 1 saturated heterocycles. The van der Waals surface area contributed by atoms with Gasteiger partial charge in [0.25, 0.3) is 5.82 Å². The summed E-state index contributed by atoms with van der Waals surface area (Å²) in [5.74, 6) is -1.38. The molecule has 0 saturated carbocycles. The Labute approximate surface area is 174 Å². The Kier molecular flexibility index (Phi) is 5.61. The number of aromatic nitrogens is 4. The molecule has 0 aliphatic carbocycles. The Balaban J connectivity index is 1.28. The Morgan fingerprint density at radius 3 is 2.39 bits per heavy atom. The minimum Gasteiger partial charge on any atom is -0.368 e. The average molecular weight is 437 g/mol. The first-order valence-electron chi connectivity index (χ1n) is 9.63. The molecule has 1 aromatic carbocycles. The number of nitrogens with zero attached hydrogens (tertiary/aromatic N) is 6. The van der Waals surface area contributed by atoms with Crippen LogP contribution < -0.4 is 10.2 Å². The second-order valence-corrected chi connectivity index (χ2v) is 7.03. The number of halogens is 4. The third-order valence-electron chi connectivity index (χ3n) is 4.99. The van der Waals surface area contributed by atoms with Gasteiger partial charge in [-0.3, -0.25) is 4.79 Å². The lowest BCUT2D eigenvalue weighted by Gasteiger charge is -2.36. The van der Waals surface area contributed by atoms with Crippen LogP contribution in [0.5, 0.6) is 0 Å². The van der Waals surface area contributed by atoms with E-state index in [1.54, 1.807) is 17.0 Å². The maximum Gasteiger partial charge on any atom is 0.453 e. The van der Waals surface area contributed by atoms with Crippen LogP contribution in [-0.2, 0) is 11.0 Å². The molecular weight excluding hydrogens is 418 g/mol. The van der Waals surface area contributed by atoms with E-state index in [9.17, 15) is 22.4 Å². The zero-order valence-corrected chi connectivity index (χ0v) is 16.3. The molecule has 12 heteroatoms. The van der Waals surface area contributed by atoms with Crippen molar-refractivity contribution < 1.29 is 22.4 Å². The van der Waals surface area contributed by atoms with Gasteiger partial charge >= 0.3 is 6.18 Å². The number of alkyl halides is 3. The first-order chi connectivity index (χ1) is 14.8. The Morgan fingerprint density at radius 1 is 1.00 bits per heavy atom. The van der Waals surface area contributed by atoms with E-state index >= 15 is 0 Å². The molecule has 8 nitrogen and oxygen atoms in total. The number of benzene rings is 1. The van der Waals surface area contributed by atoms with Crippen LogP contribution in [0.15, 0.2) is 36.4 Å². The van der Waals surface area contributed by atoms with Crippen LogP contribution in [-0.4, -0.2) is 63.3 Å². The predicted octanol–water partition coefficient (Wildman–Crippen LogP) is 2.43. The van der Waals surface area contributed by atoms with E-state index in [2.05, 4.69) is 25.5 Å². The summed E-state index contributed by atoms with van der Waals surface area (Å²) in [4.78, 5) is 16.3. The zero-order chi connectivity index (χ0) is 22.0. The molecule has 1 aliphatic rings. The van der Waals surface area contributed by atoms with Gasteiger partial charge in [0.1, 0.15) is 11.6 Å². The molecule has 31 heavy (non-hydrogen) atoms. The van der Waals surface area contributed by atoms with Crippen LogP contribution in [0.1, 0.15) is 12.2 Å². The van der Waals surface area contributed by atoms with Gasteiger partial charge in [0, 0.05) is 44.8 Å². The quantitative estimate of drug-likeness (QED) is 0.618. The molecule has 0 bridgehead atoms. The Hall–Kier alpha value is -3.44. The lowest BCUT2D eigenvalue weighted by Crippen LogP contribution is -2.49. The van der Waals surface area contributed by atoms with Crippen molar-refractivity contribution in [3.8, 4) is 0 Å². The summed E-state index contributed by atoms with van der Waals surface area (Å²) >= 11 is 0. The number of amides is 1. The molecule has 0 atom stereocenters. The van der Waals surface area contributed by atoms with Gasteiger partial charge in [-0.15, -0.1) is 15.3 Å². The van der Waals surface area contributed by atoms with Crippen LogP contribution in [0.25, 0.3) is 5.65 Å². The van der Waals surface area contributed by atoms with Crippen molar-refractivity contribution in [2.24, 2.45) is 0 Å². The lowest BCUT2D eigenvalue weighted by molar-refractivity contribution is -0.146.